The Morgan fingerprint density at radius 1 is 1.15 bits per heavy atom. The van der Waals surface area contributed by atoms with Crippen molar-refractivity contribution in [2.75, 3.05) is 7.11 Å². The first-order valence-electron chi connectivity index (χ1n) is 6.13. The van der Waals surface area contributed by atoms with Gasteiger partial charge in [0.05, 0.1) is 7.11 Å². The molecule has 0 spiro atoms. The van der Waals surface area contributed by atoms with E-state index in [2.05, 4.69) is 31.9 Å². The van der Waals surface area contributed by atoms with Gasteiger partial charge in [-0.25, -0.2) is 0 Å². The summed E-state index contributed by atoms with van der Waals surface area (Å²) >= 11 is 6.92. The summed E-state index contributed by atoms with van der Waals surface area (Å²) in [6.07, 6.45) is 0.318. The van der Waals surface area contributed by atoms with Gasteiger partial charge >= 0.3 is 0 Å². The first-order valence-corrected chi connectivity index (χ1v) is 7.72. The second-order valence-electron chi connectivity index (χ2n) is 4.49. The van der Waals surface area contributed by atoms with Crippen LogP contribution < -0.4 is 4.74 Å². The Kier molecular flexibility index (Phi) is 5.00. The van der Waals surface area contributed by atoms with Crippen LogP contribution in [0.3, 0.4) is 0 Å². The summed E-state index contributed by atoms with van der Waals surface area (Å²) in [5.41, 5.74) is 2.66. The standard InChI is InChI=1S/C16H14Br2O2/c1-10-7-14(18)12(9-13(10)17)15(19)8-11-5-3-4-6-16(11)20-2/h3-7,9H,8H2,1-2H3. The zero-order valence-corrected chi connectivity index (χ0v) is 14.4. The number of benzene rings is 2. The molecule has 0 atom stereocenters. The number of aryl methyl sites for hydroxylation is 1. The molecule has 20 heavy (non-hydrogen) atoms. The van der Waals surface area contributed by atoms with Crippen LogP contribution >= 0.6 is 31.9 Å². The fourth-order valence-corrected chi connectivity index (χ4v) is 3.00. The Hall–Kier alpha value is -1.13. The third-order valence-corrected chi connectivity index (χ3v) is 4.60. The van der Waals surface area contributed by atoms with Crippen molar-refractivity contribution < 1.29 is 9.53 Å². The van der Waals surface area contributed by atoms with Crippen LogP contribution in [0.5, 0.6) is 5.75 Å². The Bertz CT molecular complexity index is 651. The van der Waals surface area contributed by atoms with E-state index in [0.717, 1.165) is 25.8 Å². The molecule has 0 N–H and O–H groups in total. The van der Waals surface area contributed by atoms with Gasteiger partial charge in [0.15, 0.2) is 5.78 Å². The predicted octanol–water partition coefficient (Wildman–Crippen LogP) is 4.95. The van der Waals surface area contributed by atoms with Gasteiger partial charge in [-0.15, -0.1) is 0 Å². The summed E-state index contributed by atoms with van der Waals surface area (Å²) < 4.78 is 7.03. The molecule has 2 aromatic rings. The summed E-state index contributed by atoms with van der Waals surface area (Å²) in [5.74, 6) is 0.797. The summed E-state index contributed by atoms with van der Waals surface area (Å²) in [6.45, 7) is 1.99. The van der Waals surface area contributed by atoms with Crippen molar-refractivity contribution in [3.63, 3.8) is 0 Å². The number of para-hydroxylation sites is 1. The molecule has 0 unspecified atom stereocenters. The maximum absolute atomic E-state index is 12.5. The van der Waals surface area contributed by atoms with Crippen molar-refractivity contribution >= 4 is 37.6 Å². The molecule has 2 rings (SSSR count). The van der Waals surface area contributed by atoms with E-state index in [1.807, 2.05) is 43.3 Å². The van der Waals surface area contributed by atoms with Crippen LogP contribution in [0.15, 0.2) is 45.3 Å². The van der Waals surface area contributed by atoms with Crippen LogP contribution in [-0.2, 0) is 6.42 Å². The molecule has 0 amide bonds. The van der Waals surface area contributed by atoms with Crippen molar-refractivity contribution in [3.05, 3.63) is 62.0 Å². The number of hydrogen-bond acceptors (Lipinski definition) is 2. The van der Waals surface area contributed by atoms with Gasteiger partial charge in [0.1, 0.15) is 5.75 Å². The Morgan fingerprint density at radius 3 is 2.55 bits per heavy atom. The fraction of sp³-hybridized carbons (Fsp3) is 0.188. The van der Waals surface area contributed by atoms with E-state index in [-0.39, 0.29) is 5.78 Å². The maximum atomic E-state index is 12.5. The molecule has 0 heterocycles. The van der Waals surface area contributed by atoms with E-state index in [1.54, 1.807) is 7.11 Å². The second-order valence-corrected chi connectivity index (χ2v) is 6.20. The Balaban J connectivity index is 2.31. The molecule has 4 heteroatoms. The number of ether oxygens (including phenoxy) is 1. The van der Waals surface area contributed by atoms with Gasteiger partial charge in [0.25, 0.3) is 0 Å². The highest BCUT2D eigenvalue weighted by molar-refractivity contribution is 9.11. The van der Waals surface area contributed by atoms with E-state index in [0.29, 0.717) is 12.0 Å². The zero-order chi connectivity index (χ0) is 14.7. The highest BCUT2D eigenvalue weighted by atomic mass is 79.9. The summed E-state index contributed by atoms with van der Waals surface area (Å²) in [7, 11) is 1.61. The van der Waals surface area contributed by atoms with Crippen molar-refractivity contribution in [2.24, 2.45) is 0 Å². The number of rotatable bonds is 4. The van der Waals surface area contributed by atoms with Crippen LogP contribution in [0, 0.1) is 6.92 Å². The van der Waals surface area contributed by atoms with Crippen molar-refractivity contribution in [1.82, 2.24) is 0 Å². The highest BCUT2D eigenvalue weighted by Crippen LogP contribution is 2.27. The minimum Gasteiger partial charge on any atom is -0.496 e. The zero-order valence-electron chi connectivity index (χ0n) is 11.2. The number of hydrogen-bond donors (Lipinski definition) is 0. The average molecular weight is 398 g/mol. The van der Waals surface area contributed by atoms with Gasteiger partial charge in [0.2, 0.25) is 0 Å². The molecule has 0 aliphatic heterocycles. The number of methoxy groups -OCH3 is 1. The minimum atomic E-state index is 0.0575. The van der Waals surface area contributed by atoms with Crippen molar-refractivity contribution in [3.8, 4) is 5.75 Å². The van der Waals surface area contributed by atoms with Gasteiger partial charge in [-0.1, -0.05) is 50.1 Å². The topological polar surface area (TPSA) is 26.3 Å². The molecule has 2 aromatic carbocycles. The summed E-state index contributed by atoms with van der Waals surface area (Å²) in [4.78, 5) is 12.5. The van der Waals surface area contributed by atoms with Crippen LogP contribution in [0.2, 0.25) is 0 Å². The van der Waals surface area contributed by atoms with Gasteiger partial charge in [-0.2, -0.15) is 0 Å². The number of carbonyl (C=O) groups is 1. The van der Waals surface area contributed by atoms with E-state index in [1.165, 1.54) is 0 Å². The van der Waals surface area contributed by atoms with E-state index >= 15 is 0 Å². The lowest BCUT2D eigenvalue weighted by Crippen LogP contribution is -2.06. The predicted molar refractivity (Wildman–Crippen MR) is 87.6 cm³/mol. The first kappa shape index (κ1) is 15.3. The SMILES string of the molecule is COc1ccccc1CC(=O)c1cc(Br)c(C)cc1Br. The summed E-state index contributed by atoms with van der Waals surface area (Å²) in [6, 6.07) is 11.4. The smallest absolute Gasteiger partial charge is 0.168 e. The molecular formula is C16H14Br2O2. The fourth-order valence-electron chi connectivity index (χ4n) is 1.98. The lowest BCUT2D eigenvalue weighted by Gasteiger charge is -2.10. The molecule has 0 saturated carbocycles. The normalized spacial score (nSPS) is 10.4. The number of Topliss-reactive ketones (excluding diaryl/α,β-unsaturated/α-hetero) is 1. The lowest BCUT2D eigenvalue weighted by atomic mass is 10.0. The molecular weight excluding hydrogens is 384 g/mol. The van der Waals surface area contributed by atoms with E-state index in [9.17, 15) is 4.79 Å². The monoisotopic (exact) mass is 396 g/mol. The highest BCUT2D eigenvalue weighted by Gasteiger charge is 2.14. The van der Waals surface area contributed by atoms with Crippen molar-refractivity contribution in [2.45, 2.75) is 13.3 Å². The van der Waals surface area contributed by atoms with Crippen LogP contribution in [-0.4, -0.2) is 12.9 Å². The molecule has 2 nitrogen and oxygen atoms in total. The van der Waals surface area contributed by atoms with Gasteiger partial charge < -0.3 is 4.74 Å². The van der Waals surface area contributed by atoms with E-state index < -0.39 is 0 Å². The third kappa shape index (κ3) is 3.30. The van der Waals surface area contributed by atoms with Crippen LogP contribution in [0.4, 0.5) is 0 Å². The minimum absolute atomic E-state index is 0.0575. The van der Waals surface area contributed by atoms with Gasteiger partial charge in [0, 0.05) is 26.5 Å². The summed E-state index contributed by atoms with van der Waals surface area (Å²) in [5, 5.41) is 0. The Morgan fingerprint density at radius 2 is 1.85 bits per heavy atom. The maximum Gasteiger partial charge on any atom is 0.168 e. The largest absolute Gasteiger partial charge is 0.496 e. The number of ketones is 1. The first-order chi connectivity index (χ1) is 9.52. The lowest BCUT2D eigenvalue weighted by molar-refractivity contribution is 0.0991. The molecule has 0 aliphatic carbocycles. The number of carbonyl (C=O) groups excluding carboxylic acids is 1. The number of halogens is 2. The molecule has 0 radical (unpaired) electrons. The molecule has 0 bridgehead atoms. The Labute approximate surface area is 135 Å². The molecule has 104 valence electrons. The van der Waals surface area contributed by atoms with Crippen LogP contribution in [0.25, 0.3) is 0 Å². The van der Waals surface area contributed by atoms with Crippen LogP contribution in [0.1, 0.15) is 21.5 Å². The van der Waals surface area contributed by atoms with E-state index in [4.69, 9.17) is 4.74 Å². The average Bonchev–Trinajstić information content (AvgIpc) is 2.43. The third-order valence-electron chi connectivity index (χ3n) is 3.09. The quantitative estimate of drug-likeness (QED) is 0.682. The van der Waals surface area contributed by atoms with Gasteiger partial charge in [-0.3, -0.25) is 4.79 Å². The van der Waals surface area contributed by atoms with Gasteiger partial charge in [-0.05, 0) is 30.7 Å². The second kappa shape index (κ2) is 6.55. The molecule has 0 aliphatic rings. The molecule has 0 aromatic heterocycles. The van der Waals surface area contributed by atoms with Crippen molar-refractivity contribution in [1.29, 1.82) is 0 Å². The molecule has 0 saturated heterocycles. The molecule has 0 fully saturated rings.